The first-order chi connectivity index (χ1) is 17.1. The molecule has 1 aromatic heterocycles. The zero-order valence-electron chi connectivity index (χ0n) is 20.2. The number of carbonyl (C=O) groups is 3. The number of H-pyrrole nitrogens is 1. The predicted octanol–water partition coefficient (Wildman–Crippen LogP) is 3.49. The molecule has 0 fully saturated rings. The summed E-state index contributed by atoms with van der Waals surface area (Å²) in [6.07, 6.45) is -0.147. The molecule has 0 aliphatic heterocycles. The Labute approximate surface area is 208 Å². The molecule has 2 atom stereocenters. The number of hydrogen-bond acceptors (Lipinski definition) is 6. The van der Waals surface area contributed by atoms with Crippen LogP contribution in [0.4, 0.5) is 0 Å². The molecule has 3 aromatic rings. The summed E-state index contributed by atoms with van der Waals surface area (Å²) in [7, 11) is 0. The number of aromatic hydroxyl groups is 2. The lowest BCUT2D eigenvalue weighted by Gasteiger charge is -2.24. The molecule has 186 valence electrons. The van der Waals surface area contributed by atoms with E-state index in [1.807, 2.05) is 12.1 Å². The van der Waals surface area contributed by atoms with Gasteiger partial charge in [0, 0.05) is 11.1 Å². The Morgan fingerprint density at radius 2 is 1.61 bits per heavy atom. The predicted molar refractivity (Wildman–Crippen MR) is 132 cm³/mol. The number of nitrogens with zero attached hydrogens (tertiary/aromatic N) is 1. The second kappa shape index (κ2) is 11.2. The van der Waals surface area contributed by atoms with Gasteiger partial charge < -0.3 is 20.8 Å². The molecule has 0 bridgehead atoms. The molecule has 36 heavy (non-hydrogen) atoms. The lowest BCUT2D eigenvalue weighted by molar-refractivity contribution is -0.122. The van der Waals surface area contributed by atoms with Crippen molar-refractivity contribution in [2.75, 3.05) is 0 Å². The second-order valence-corrected chi connectivity index (χ2v) is 8.81. The Hall–Kier alpha value is -4.58. The normalized spacial score (nSPS) is 12.4. The molecule has 3 rings (SSSR count). The summed E-state index contributed by atoms with van der Waals surface area (Å²) >= 11 is 0. The van der Waals surface area contributed by atoms with E-state index in [1.165, 1.54) is 31.2 Å². The molecule has 1 heterocycles. The van der Waals surface area contributed by atoms with Crippen LogP contribution in [-0.2, 0) is 4.79 Å². The maximum absolute atomic E-state index is 13.1. The molecule has 0 saturated carbocycles. The maximum Gasteiger partial charge on any atom is 0.251 e. The molecule has 0 aliphatic rings. The molecule has 0 radical (unpaired) electrons. The Morgan fingerprint density at radius 1 is 0.972 bits per heavy atom. The van der Waals surface area contributed by atoms with Gasteiger partial charge in [-0.25, -0.2) is 0 Å². The number of nitriles is 1. The van der Waals surface area contributed by atoms with Crippen LogP contribution in [0.3, 0.4) is 0 Å². The van der Waals surface area contributed by atoms with Gasteiger partial charge in [-0.2, -0.15) is 5.26 Å². The van der Waals surface area contributed by atoms with Crippen LogP contribution in [0.25, 0.3) is 0 Å². The van der Waals surface area contributed by atoms with E-state index < -0.39 is 35.6 Å². The number of ketones is 1. The minimum Gasteiger partial charge on any atom is -0.494 e. The van der Waals surface area contributed by atoms with Gasteiger partial charge in [-0.05, 0) is 42.7 Å². The fourth-order valence-corrected chi connectivity index (χ4v) is 3.85. The summed E-state index contributed by atoms with van der Waals surface area (Å²) in [4.78, 5) is 41.4. The first kappa shape index (κ1) is 26.0. The highest BCUT2D eigenvalue weighted by molar-refractivity contribution is 6.05. The first-order valence-corrected chi connectivity index (χ1v) is 11.4. The van der Waals surface area contributed by atoms with Crippen molar-refractivity contribution in [2.24, 2.45) is 5.92 Å². The SMILES string of the molecule is Cc1c(O)[nH]c(O)c1C(=O)[C@@H](NC(=O)C[C@H](NC(=O)c1ccc(C#N)cc1)c1ccccc1)C(C)C. The van der Waals surface area contributed by atoms with Crippen molar-refractivity contribution in [3.8, 4) is 17.8 Å². The van der Waals surface area contributed by atoms with Crippen molar-refractivity contribution in [1.82, 2.24) is 15.6 Å². The Morgan fingerprint density at radius 3 is 2.14 bits per heavy atom. The van der Waals surface area contributed by atoms with Gasteiger partial charge in [-0.3, -0.25) is 19.4 Å². The van der Waals surface area contributed by atoms with Gasteiger partial charge in [0.15, 0.2) is 11.7 Å². The van der Waals surface area contributed by atoms with E-state index in [0.717, 1.165) is 0 Å². The zero-order valence-corrected chi connectivity index (χ0v) is 20.2. The van der Waals surface area contributed by atoms with Crippen molar-refractivity contribution in [3.63, 3.8) is 0 Å². The fraction of sp³-hybridized carbons (Fsp3) is 0.259. The molecule has 2 amide bonds. The molecular formula is C27H28N4O5. The van der Waals surface area contributed by atoms with Crippen molar-refractivity contribution in [2.45, 2.75) is 39.3 Å². The molecule has 2 aromatic carbocycles. The minimum atomic E-state index is -0.969. The highest BCUT2D eigenvalue weighted by Gasteiger charge is 2.31. The van der Waals surface area contributed by atoms with Gasteiger partial charge >= 0.3 is 0 Å². The van der Waals surface area contributed by atoms with Gasteiger partial charge in [-0.1, -0.05) is 44.2 Å². The van der Waals surface area contributed by atoms with E-state index in [4.69, 9.17) is 5.26 Å². The highest BCUT2D eigenvalue weighted by Crippen LogP contribution is 2.30. The highest BCUT2D eigenvalue weighted by atomic mass is 16.3. The smallest absolute Gasteiger partial charge is 0.251 e. The van der Waals surface area contributed by atoms with Crippen molar-refractivity contribution >= 4 is 17.6 Å². The van der Waals surface area contributed by atoms with E-state index in [0.29, 0.717) is 16.7 Å². The maximum atomic E-state index is 13.1. The molecule has 0 saturated heterocycles. The molecule has 9 nitrogen and oxygen atoms in total. The van der Waals surface area contributed by atoms with Crippen LogP contribution in [-0.4, -0.2) is 38.8 Å². The Balaban J connectivity index is 1.80. The number of aromatic amines is 1. The quantitative estimate of drug-likeness (QED) is 0.290. The van der Waals surface area contributed by atoms with Crippen LogP contribution in [0.2, 0.25) is 0 Å². The number of Topliss-reactive ketones (excluding diaryl/α,β-unsaturated/α-hetero) is 1. The molecule has 9 heteroatoms. The van der Waals surface area contributed by atoms with Crippen LogP contribution in [0.15, 0.2) is 54.6 Å². The largest absolute Gasteiger partial charge is 0.494 e. The molecule has 0 spiro atoms. The van der Waals surface area contributed by atoms with E-state index in [9.17, 15) is 24.6 Å². The standard InChI is InChI=1S/C27H28N4O5/c1-15(2)23(24(33)22-16(3)25(34)31-27(22)36)30-21(32)13-20(18-7-5-4-6-8-18)29-26(35)19-11-9-17(14-28)10-12-19/h4-12,15,20,23,31,34,36H,13H2,1-3H3,(H,29,35)(H,30,32)/t20-,23-/m0/s1. The van der Waals surface area contributed by atoms with Crippen LogP contribution < -0.4 is 10.6 Å². The number of hydrogen-bond donors (Lipinski definition) is 5. The third kappa shape index (κ3) is 5.91. The van der Waals surface area contributed by atoms with Crippen molar-refractivity contribution < 1.29 is 24.6 Å². The van der Waals surface area contributed by atoms with Crippen LogP contribution in [0.5, 0.6) is 11.8 Å². The molecule has 0 unspecified atom stereocenters. The summed E-state index contributed by atoms with van der Waals surface area (Å²) in [6, 6.07) is 15.4. The summed E-state index contributed by atoms with van der Waals surface area (Å²) in [5, 5.41) is 34.4. The number of rotatable bonds is 9. The van der Waals surface area contributed by atoms with Gasteiger partial charge in [0.05, 0.1) is 35.7 Å². The summed E-state index contributed by atoms with van der Waals surface area (Å²) in [6.45, 7) is 4.99. The first-order valence-electron chi connectivity index (χ1n) is 11.4. The zero-order chi connectivity index (χ0) is 26.4. The lowest BCUT2D eigenvalue weighted by atomic mass is 9.93. The van der Waals surface area contributed by atoms with Gasteiger partial charge in [-0.15, -0.1) is 0 Å². The van der Waals surface area contributed by atoms with Gasteiger partial charge in [0.1, 0.15) is 0 Å². The van der Waals surface area contributed by atoms with Crippen LogP contribution >= 0.6 is 0 Å². The number of aromatic nitrogens is 1. The Bertz CT molecular complexity index is 1290. The lowest BCUT2D eigenvalue weighted by Crippen LogP contribution is -2.45. The number of nitrogens with one attached hydrogen (secondary N) is 3. The van der Waals surface area contributed by atoms with E-state index in [-0.39, 0.29) is 29.3 Å². The molecular weight excluding hydrogens is 460 g/mol. The van der Waals surface area contributed by atoms with E-state index >= 15 is 0 Å². The summed E-state index contributed by atoms with van der Waals surface area (Å²) < 4.78 is 0. The van der Waals surface area contributed by atoms with Crippen LogP contribution in [0.1, 0.15) is 63.7 Å². The topological polar surface area (TPSA) is 155 Å². The van der Waals surface area contributed by atoms with E-state index in [2.05, 4.69) is 15.6 Å². The van der Waals surface area contributed by atoms with Crippen molar-refractivity contribution in [1.29, 1.82) is 5.26 Å². The van der Waals surface area contributed by atoms with Gasteiger partial charge in [0.25, 0.3) is 5.91 Å². The van der Waals surface area contributed by atoms with Gasteiger partial charge in [0.2, 0.25) is 11.8 Å². The number of carbonyl (C=O) groups excluding carboxylic acids is 3. The average molecular weight is 489 g/mol. The monoisotopic (exact) mass is 488 g/mol. The second-order valence-electron chi connectivity index (χ2n) is 8.81. The molecule has 5 N–H and O–H groups in total. The summed E-state index contributed by atoms with van der Waals surface area (Å²) in [5.41, 5.74) is 1.57. The fourth-order valence-electron chi connectivity index (χ4n) is 3.85. The third-order valence-corrected chi connectivity index (χ3v) is 5.89. The number of benzene rings is 2. The van der Waals surface area contributed by atoms with Crippen molar-refractivity contribution in [3.05, 3.63) is 82.4 Å². The van der Waals surface area contributed by atoms with E-state index in [1.54, 1.807) is 38.1 Å². The summed E-state index contributed by atoms with van der Waals surface area (Å²) in [5.74, 6) is -2.54. The number of amides is 2. The van der Waals surface area contributed by atoms with Crippen LogP contribution in [0, 0.1) is 24.2 Å². The average Bonchev–Trinajstić information content (AvgIpc) is 3.12. The Kier molecular flexibility index (Phi) is 8.12. The minimum absolute atomic E-state index is 0.0831. The third-order valence-electron chi connectivity index (χ3n) is 5.89. The molecule has 0 aliphatic carbocycles.